The summed E-state index contributed by atoms with van der Waals surface area (Å²) in [6.45, 7) is -0.395. The maximum atomic E-state index is 12.8. The molecule has 0 spiro atoms. The van der Waals surface area contributed by atoms with Crippen molar-refractivity contribution in [2.75, 3.05) is 12.0 Å². The Morgan fingerprint density at radius 2 is 1.75 bits per heavy atom. The van der Waals surface area contributed by atoms with Gasteiger partial charge in [-0.25, -0.2) is 13.2 Å². The number of rotatable bonds is 8. The summed E-state index contributed by atoms with van der Waals surface area (Å²) in [6, 6.07) is 8.10. The van der Waals surface area contributed by atoms with Crippen LogP contribution in [0.15, 0.2) is 42.5 Å². The molecule has 0 fully saturated rings. The van der Waals surface area contributed by atoms with Crippen molar-refractivity contribution in [3.8, 4) is 0 Å². The van der Waals surface area contributed by atoms with Crippen LogP contribution in [0.1, 0.15) is 32.7 Å². The van der Waals surface area contributed by atoms with Gasteiger partial charge in [0.15, 0.2) is 0 Å². The highest BCUT2D eigenvalue weighted by Crippen LogP contribution is 2.27. The van der Waals surface area contributed by atoms with Crippen molar-refractivity contribution in [2.24, 2.45) is 0 Å². The Hall–Kier alpha value is -3.31. The average molecular weight is 481 g/mol. The molecule has 32 heavy (non-hydrogen) atoms. The van der Waals surface area contributed by atoms with Crippen molar-refractivity contribution in [1.82, 2.24) is 4.90 Å². The van der Waals surface area contributed by atoms with Crippen LogP contribution in [0.3, 0.4) is 0 Å². The molecule has 0 bridgehead atoms. The van der Waals surface area contributed by atoms with Crippen LogP contribution >= 0.6 is 11.6 Å². The minimum atomic E-state index is -3.51. The number of ether oxygens (including phenoxy) is 1. The third kappa shape index (κ3) is 4.94. The van der Waals surface area contributed by atoms with Gasteiger partial charge in [0, 0.05) is 24.0 Å². The number of nitro groups is 1. The molecule has 1 aliphatic heterocycles. The van der Waals surface area contributed by atoms with E-state index in [1.165, 1.54) is 24.3 Å². The number of nitro benzene ring substituents is 1. The molecule has 1 unspecified atom stereocenters. The first-order valence-corrected chi connectivity index (χ1v) is 11.7. The molecule has 0 saturated heterocycles. The van der Waals surface area contributed by atoms with Crippen molar-refractivity contribution < 1.29 is 32.5 Å². The summed E-state index contributed by atoms with van der Waals surface area (Å²) < 4.78 is 28.5. The Morgan fingerprint density at radius 3 is 2.25 bits per heavy atom. The van der Waals surface area contributed by atoms with Crippen LogP contribution in [-0.4, -0.2) is 54.1 Å². The molecule has 1 aliphatic rings. The molecule has 3 rings (SSSR count). The molecular formula is C20H17ClN2O8S. The minimum absolute atomic E-state index is 0.0135. The van der Waals surface area contributed by atoms with Crippen LogP contribution < -0.4 is 0 Å². The third-order valence-electron chi connectivity index (χ3n) is 4.79. The topological polar surface area (TPSA) is 141 Å². The van der Waals surface area contributed by atoms with Gasteiger partial charge >= 0.3 is 5.97 Å². The van der Waals surface area contributed by atoms with Gasteiger partial charge in [0.2, 0.25) is 0 Å². The van der Waals surface area contributed by atoms with E-state index in [9.17, 15) is 32.9 Å². The number of imide groups is 1. The first-order chi connectivity index (χ1) is 15.0. The lowest BCUT2D eigenvalue weighted by atomic mass is 10.1. The molecule has 0 aromatic heterocycles. The predicted molar refractivity (Wildman–Crippen MR) is 113 cm³/mol. The quantitative estimate of drug-likeness (QED) is 0.242. The molecule has 168 valence electrons. The lowest BCUT2D eigenvalue weighted by Gasteiger charge is -2.24. The Labute approximate surface area is 187 Å². The van der Waals surface area contributed by atoms with E-state index >= 15 is 0 Å². The summed E-state index contributed by atoms with van der Waals surface area (Å²) in [5.41, 5.74) is 0.220. The molecule has 12 heteroatoms. The number of carbonyl (C=O) groups excluding carboxylic acids is 3. The van der Waals surface area contributed by atoms with E-state index in [4.69, 9.17) is 16.3 Å². The number of hydrogen-bond donors (Lipinski definition) is 0. The smallest absolute Gasteiger partial charge is 0.329 e. The number of non-ortho nitro benzene ring substituents is 1. The van der Waals surface area contributed by atoms with Crippen LogP contribution in [-0.2, 0) is 26.0 Å². The van der Waals surface area contributed by atoms with E-state index < -0.39 is 50.9 Å². The van der Waals surface area contributed by atoms with Crippen LogP contribution in [0.5, 0.6) is 0 Å². The minimum Gasteiger partial charge on any atom is -0.459 e. The number of halogens is 1. The summed E-state index contributed by atoms with van der Waals surface area (Å²) in [5, 5.41) is 10.8. The van der Waals surface area contributed by atoms with Gasteiger partial charge < -0.3 is 4.74 Å². The maximum absolute atomic E-state index is 12.8. The Kier molecular flexibility index (Phi) is 6.60. The Morgan fingerprint density at radius 1 is 1.16 bits per heavy atom. The van der Waals surface area contributed by atoms with Gasteiger partial charge in [0.25, 0.3) is 17.5 Å². The van der Waals surface area contributed by atoms with E-state index in [1.807, 2.05) is 0 Å². The molecule has 2 aromatic carbocycles. The lowest BCUT2D eigenvalue weighted by molar-refractivity contribution is -0.384. The molecule has 0 saturated carbocycles. The number of carbonyl (C=O) groups is 3. The second-order valence-corrected chi connectivity index (χ2v) is 9.77. The molecule has 1 heterocycles. The summed E-state index contributed by atoms with van der Waals surface area (Å²) in [4.78, 5) is 49.3. The van der Waals surface area contributed by atoms with E-state index in [2.05, 4.69) is 0 Å². The zero-order valence-corrected chi connectivity index (χ0v) is 18.3. The summed E-state index contributed by atoms with van der Waals surface area (Å²) in [6.07, 6.45) is 0.617. The van der Waals surface area contributed by atoms with Crippen molar-refractivity contribution in [3.63, 3.8) is 0 Å². The van der Waals surface area contributed by atoms with Crippen LogP contribution in [0.2, 0.25) is 5.02 Å². The monoisotopic (exact) mass is 480 g/mol. The fraction of sp³-hybridized carbons (Fsp3) is 0.250. The van der Waals surface area contributed by atoms with Crippen LogP contribution in [0.25, 0.3) is 0 Å². The SMILES string of the molecule is CS(=O)(=O)CCC(C(=O)OCc1ccc([N+](=O)[O-])cc1Cl)N1C(=O)c2ccccc2C1=O. The van der Waals surface area contributed by atoms with Crippen molar-refractivity contribution >= 4 is 44.9 Å². The molecule has 2 amide bonds. The standard InChI is InChI=1S/C20H17ClN2O8S/c1-32(29,30)9-8-17(22-18(24)14-4-2-3-5-15(14)19(22)25)20(26)31-11-12-6-7-13(23(27)28)10-16(12)21/h2-7,10,17H,8-9,11H2,1H3. The zero-order chi connectivity index (χ0) is 23.6. The molecule has 10 nitrogen and oxygen atoms in total. The number of amides is 2. The zero-order valence-electron chi connectivity index (χ0n) is 16.7. The number of nitrogens with zero attached hydrogens (tertiary/aromatic N) is 2. The average Bonchev–Trinajstić information content (AvgIpc) is 2.97. The molecule has 0 aliphatic carbocycles. The highest BCUT2D eigenvalue weighted by Gasteiger charge is 2.43. The number of hydrogen-bond acceptors (Lipinski definition) is 8. The molecular weight excluding hydrogens is 464 g/mol. The first-order valence-electron chi connectivity index (χ1n) is 9.23. The van der Waals surface area contributed by atoms with Gasteiger partial charge in [-0.05, 0) is 24.6 Å². The molecule has 1 atom stereocenters. The highest BCUT2D eigenvalue weighted by molar-refractivity contribution is 7.90. The van der Waals surface area contributed by atoms with E-state index in [0.29, 0.717) is 4.90 Å². The van der Waals surface area contributed by atoms with Gasteiger partial charge in [0.05, 0.1) is 26.8 Å². The largest absolute Gasteiger partial charge is 0.459 e. The number of benzene rings is 2. The van der Waals surface area contributed by atoms with Gasteiger partial charge in [0.1, 0.15) is 22.5 Å². The second-order valence-electron chi connectivity index (χ2n) is 7.10. The van der Waals surface area contributed by atoms with Gasteiger partial charge in [-0.1, -0.05) is 23.7 Å². The van der Waals surface area contributed by atoms with Crippen LogP contribution in [0, 0.1) is 10.1 Å². The summed E-state index contributed by atoms with van der Waals surface area (Å²) in [5.74, 6) is -2.92. The van der Waals surface area contributed by atoms with E-state index in [1.54, 1.807) is 12.1 Å². The van der Waals surface area contributed by atoms with Crippen LogP contribution in [0.4, 0.5) is 5.69 Å². The Balaban J connectivity index is 1.83. The fourth-order valence-electron chi connectivity index (χ4n) is 3.18. The van der Waals surface area contributed by atoms with Crippen molar-refractivity contribution in [1.29, 1.82) is 0 Å². The van der Waals surface area contributed by atoms with Crippen molar-refractivity contribution in [3.05, 3.63) is 74.3 Å². The molecule has 0 N–H and O–H groups in total. The molecule has 0 radical (unpaired) electrons. The van der Waals surface area contributed by atoms with Gasteiger partial charge in [-0.2, -0.15) is 0 Å². The van der Waals surface area contributed by atoms with Crippen molar-refractivity contribution in [2.45, 2.75) is 19.1 Å². The second kappa shape index (κ2) is 9.05. The van der Waals surface area contributed by atoms with Gasteiger partial charge in [-0.15, -0.1) is 0 Å². The highest BCUT2D eigenvalue weighted by atomic mass is 35.5. The third-order valence-corrected chi connectivity index (χ3v) is 6.12. The van der Waals surface area contributed by atoms with Gasteiger partial charge in [-0.3, -0.25) is 24.6 Å². The number of sulfone groups is 1. The summed E-state index contributed by atoms with van der Waals surface area (Å²) in [7, 11) is -3.51. The number of fused-ring (bicyclic) bond motifs is 1. The summed E-state index contributed by atoms with van der Waals surface area (Å²) >= 11 is 6.00. The first kappa shape index (κ1) is 23.4. The maximum Gasteiger partial charge on any atom is 0.329 e. The Bertz CT molecular complexity index is 1190. The molecule has 2 aromatic rings. The lowest BCUT2D eigenvalue weighted by Crippen LogP contribution is -2.46. The van der Waals surface area contributed by atoms with E-state index in [-0.39, 0.29) is 33.8 Å². The normalized spacial score (nSPS) is 14.2. The predicted octanol–water partition coefficient (Wildman–Crippen LogP) is 2.39. The van der Waals surface area contributed by atoms with E-state index in [0.717, 1.165) is 12.3 Å². The number of esters is 1. The fourth-order valence-corrected chi connectivity index (χ4v) is 4.06.